The number of aromatic nitrogens is 4. The highest BCUT2D eigenvalue weighted by atomic mass is 32.2. The van der Waals surface area contributed by atoms with E-state index in [0.717, 1.165) is 11.8 Å². The van der Waals surface area contributed by atoms with Crippen molar-refractivity contribution < 1.29 is 22.5 Å². The van der Waals surface area contributed by atoms with Crippen molar-refractivity contribution >= 4 is 28.4 Å². The molecule has 2 aromatic carbocycles. The third-order valence-electron chi connectivity index (χ3n) is 4.22. The molecule has 0 aliphatic heterocycles. The van der Waals surface area contributed by atoms with E-state index in [-0.39, 0.29) is 28.0 Å². The number of benzene rings is 2. The molecule has 0 saturated heterocycles. The van der Waals surface area contributed by atoms with Crippen LogP contribution < -0.4 is 0 Å². The predicted molar refractivity (Wildman–Crippen MR) is 105 cm³/mol. The van der Waals surface area contributed by atoms with Gasteiger partial charge in [0.15, 0.2) is 0 Å². The van der Waals surface area contributed by atoms with Crippen molar-refractivity contribution in [3.05, 3.63) is 70.4 Å². The Balaban J connectivity index is 1.62. The molecule has 4 rings (SSSR count). The summed E-state index contributed by atoms with van der Waals surface area (Å²) < 4.78 is 45.3. The normalized spacial score (nSPS) is 12.8. The van der Waals surface area contributed by atoms with Gasteiger partial charge < -0.3 is 4.42 Å². The minimum atomic E-state index is -4.68. The fourth-order valence-electron chi connectivity index (χ4n) is 2.72. The van der Waals surface area contributed by atoms with Gasteiger partial charge in [-0.3, -0.25) is 10.1 Å². The van der Waals surface area contributed by atoms with E-state index in [9.17, 15) is 23.3 Å². The lowest BCUT2D eigenvalue weighted by atomic mass is 10.2. The Bertz CT molecular complexity index is 1260. The number of nitro benzene ring substituents is 1. The minimum Gasteiger partial charge on any atom is -0.419 e. The molecule has 0 aliphatic carbocycles. The molecule has 158 valence electrons. The van der Waals surface area contributed by atoms with E-state index < -0.39 is 22.2 Å². The lowest BCUT2D eigenvalue weighted by molar-refractivity contribution is -0.384. The van der Waals surface area contributed by atoms with Crippen molar-refractivity contribution in [3.63, 3.8) is 0 Å². The van der Waals surface area contributed by atoms with Gasteiger partial charge in [0.25, 0.3) is 5.69 Å². The highest BCUT2D eigenvalue weighted by Crippen LogP contribution is 2.39. The smallest absolute Gasteiger partial charge is 0.419 e. The molecule has 0 N–H and O–H groups in total. The Morgan fingerprint density at radius 2 is 1.77 bits per heavy atom. The van der Waals surface area contributed by atoms with E-state index in [2.05, 4.69) is 20.2 Å². The molecule has 4 aromatic rings. The molecule has 1 atom stereocenters. The van der Waals surface area contributed by atoms with E-state index in [1.807, 2.05) is 0 Å². The highest BCUT2D eigenvalue weighted by molar-refractivity contribution is 7.99. The molecular weight excluding hydrogens is 435 g/mol. The monoisotopic (exact) mass is 447 g/mol. The number of halogens is 3. The van der Waals surface area contributed by atoms with E-state index in [4.69, 9.17) is 4.42 Å². The molecular formula is C19H12F3N5O3S. The first-order valence-corrected chi connectivity index (χ1v) is 9.69. The summed E-state index contributed by atoms with van der Waals surface area (Å²) >= 11 is 1.03. The van der Waals surface area contributed by atoms with Crippen LogP contribution in [-0.2, 0) is 6.18 Å². The fraction of sp³-hybridized carbons (Fsp3) is 0.158. The molecule has 0 unspecified atom stereocenters. The number of fused-ring (bicyclic) bond motifs is 1. The van der Waals surface area contributed by atoms with E-state index >= 15 is 0 Å². The Morgan fingerprint density at radius 1 is 1.06 bits per heavy atom. The van der Waals surface area contributed by atoms with Crippen LogP contribution in [0.5, 0.6) is 0 Å². The number of thioether (sulfide) groups is 1. The number of rotatable bonds is 5. The molecule has 2 aromatic heterocycles. The lowest BCUT2D eigenvalue weighted by Crippen LogP contribution is -2.12. The number of hydrogen-bond donors (Lipinski definition) is 0. The van der Waals surface area contributed by atoms with Crippen LogP contribution in [0.4, 0.5) is 18.9 Å². The van der Waals surface area contributed by atoms with Gasteiger partial charge in [-0.1, -0.05) is 30.0 Å². The molecule has 0 bridgehead atoms. The van der Waals surface area contributed by atoms with Gasteiger partial charge in [0.1, 0.15) is 5.03 Å². The zero-order valence-corrected chi connectivity index (χ0v) is 16.5. The van der Waals surface area contributed by atoms with Crippen LogP contribution in [-0.4, -0.2) is 25.1 Å². The number of para-hydroxylation sites is 1. The summed E-state index contributed by atoms with van der Waals surface area (Å²) in [5.41, 5.74) is 0.577. The lowest BCUT2D eigenvalue weighted by Gasteiger charge is -2.12. The standard InChI is InChI=1S/C19H12F3N5O3S/c1-10(15-25-26-16(30-15)11-6-8-12(9-7-11)27(28)29)31-17-13-4-2-3-5-14(13)23-18(24-17)19(20,21)22/h2-10H,1H3/t10-/m0/s1. The maximum Gasteiger partial charge on any atom is 0.451 e. The van der Waals surface area contributed by atoms with Crippen LogP contribution in [0, 0.1) is 10.1 Å². The third kappa shape index (κ3) is 4.33. The first kappa shape index (κ1) is 20.7. The van der Waals surface area contributed by atoms with E-state index in [1.165, 1.54) is 30.3 Å². The summed E-state index contributed by atoms with van der Waals surface area (Å²) in [5.74, 6) is -0.909. The summed E-state index contributed by atoms with van der Waals surface area (Å²) in [6.07, 6.45) is -4.68. The molecule has 8 nitrogen and oxygen atoms in total. The van der Waals surface area contributed by atoms with Crippen molar-refractivity contribution in [3.8, 4) is 11.5 Å². The van der Waals surface area contributed by atoms with Crippen molar-refractivity contribution in [2.75, 3.05) is 0 Å². The summed E-state index contributed by atoms with van der Waals surface area (Å²) in [5, 5.41) is 18.8. The number of non-ortho nitro benzene ring substituents is 1. The second kappa shape index (κ2) is 7.95. The van der Waals surface area contributed by atoms with Gasteiger partial charge in [0.2, 0.25) is 17.6 Å². The first-order chi connectivity index (χ1) is 14.7. The molecule has 0 radical (unpaired) electrons. The van der Waals surface area contributed by atoms with Gasteiger partial charge in [-0.05, 0) is 25.1 Å². The van der Waals surface area contributed by atoms with Crippen molar-refractivity contribution in [2.24, 2.45) is 0 Å². The number of alkyl halides is 3. The summed E-state index contributed by atoms with van der Waals surface area (Å²) in [4.78, 5) is 17.5. The molecule has 0 saturated carbocycles. The molecule has 12 heteroatoms. The zero-order valence-electron chi connectivity index (χ0n) is 15.7. The second-order valence-electron chi connectivity index (χ2n) is 6.38. The predicted octanol–water partition coefficient (Wildman–Crippen LogP) is 5.46. The van der Waals surface area contributed by atoms with Crippen LogP contribution >= 0.6 is 11.8 Å². The van der Waals surface area contributed by atoms with Crippen molar-refractivity contribution in [2.45, 2.75) is 23.4 Å². The minimum absolute atomic E-state index is 0.0801. The van der Waals surface area contributed by atoms with Gasteiger partial charge >= 0.3 is 6.18 Å². The Morgan fingerprint density at radius 3 is 2.45 bits per heavy atom. The van der Waals surface area contributed by atoms with E-state index in [0.29, 0.717) is 10.9 Å². The number of hydrogen-bond acceptors (Lipinski definition) is 8. The quantitative estimate of drug-likeness (QED) is 0.172. The van der Waals surface area contributed by atoms with Crippen molar-refractivity contribution in [1.29, 1.82) is 0 Å². The number of nitro groups is 1. The summed E-state index contributed by atoms with van der Waals surface area (Å²) in [6.45, 7) is 1.70. The van der Waals surface area contributed by atoms with Crippen molar-refractivity contribution in [1.82, 2.24) is 20.2 Å². The summed E-state index contributed by atoms with van der Waals surface area (Å²) in [6, 6.07) is 12.0. The number of nitrogens with zero attached hydrogens (tertiary/aromatic N) is 5. The highest BCUT2D eigenvalue weighted by Gasteiger charge is 2.36. The zero-order chi connectivity index (χ0) is 22.2. The van der Waals surface area contributed by atoms with E-state index in [1.54, 1.807) is 25.1 Å². The fourth-order valence-corrected chi connectivity index (χ4v) is 3.69. The average molecular weight is 447 g/mol. The SMILES string of the molecule is C[C@H](Sc1nc(C(F)(F)F)nc2ccccc12)c1nnc(-c2ccc([N+](=O)[O-])cc2)o1. The average Bonchev–Trinajstić information content (AvgIpc) is 3.23. The van der Waals surface area contributed by atoms with Crippen LogP contribution in [0.3, 0.4) is 0 Å². The van der Waals surface area contributed by atoms with Crippen LogP contribution in [0.1, 0.15) is 23.9 Å². The van der Waals surface area contributed by atoms with Gasteiger partial charge in [0, 0.05) is 23.1 Å². The Labute approximate surface area is 176 Å². The van der Waals surface area contributed by atoms with Crippen LogP contribution in [0.25, 0.3) is 22.4 Å². The molecule has 0 spiro atoms. The Kier molecular flexibility index (Phi) is 5.31. The molecule has 0 fully saturated rings. The van der Waals surface area contributed by atoms with Gasteiger partial charge in [-0.2, -0.15) is 13.2 Å². The molecule has 31 heavy (non-hydrogen) atoms. The molecule has 0 amide bonds. The maximum absolute atomic E-state index is 13.2. The van der Waals surface area contributed by atoms with Gasteiger partial charge in [-0.25, -0.2) is 9.97 Å². The van der Waals surface area contributed by atoms with Gasteiger partial charge in [0.05, 0.1) is 15.7 Å². The third-order valence-corrected chi connectivity index (χ3v) is 5.31. The summed E-state index contributed by atoms with van der Waals surface area (Å²) in [7, 11) is 0. The maximum atomic E-state index is 13.2. The Hall–Kier alpha value is -3.54. The second-order valence-corrected chi connectivity index (χ2v) is 7.71. The van der Waals surface area contributed by atoms with Gasteiger partial charge in [-0.15, -0.1) is 10.2 Å². The largest absolute Gasteiger partial charge is 0.451 e. The topological polar surface area (TPSA) is 108 Å². The first-order valence-electron chi connectivity index (χ1n) is 8.81. The van der Waals surface area contributed by atoms with Crippen LogP contribution in [0.2, 0.25) is 0 Å². The molecule has 0 aliphatic rings. The molecule has 2 heterocycles. The van der Waals surface area contributed by atoms with Crippen LogP contribution in [0.15, 0.2) is 58.0 Å².